The van der Waals surface area contributed by atoms with E-state index in [1.165, 1.54) is 17.0 Å². The molecule has 1 aromatic carbocycles. The molecule has 2 N–H and O–H groups in total. The van der Waals surface area contributed by atoms with Crippen molar-refractivity contribution in [2.24, 2.45) is 5.92 Å². The largest absolute Gasteiger partial charge is 0.392 e. The van der Waals surface area contributed by atoms with E-state index in [-0.39, 0.29) is 29.8 Å². The predicted molar refractivity (Wildman–Crippen MR) is 82.1 cm³/mol. The maximum atomic E-state index is 14.1. The van der Waals surface area contributed by atoms with Gasteiger partial charge in [-0.25, -0.2) is 4.39 Å². The third-order valence-corrected chi connectivity index (χ3v) is 3.76. The summed E-state index contributed by atoms with van der Waals surface area (Å²) in [4.78, 5) is 24.8. The predicted octanol–water partition coefficient (Wildman–Crippen LogP) is 2.30. The molecule has 22 heavy (non-hydrogen) atoms. The highest BCUT2D eigenvalue weighted by Gasteiger charge is 2.24. The van der Waals surface area contributed by atoms with Crippen LogP contribution in [0.25, 0.3) is 0 Å². The molecule has 120 valence electrons. The van der Waals surface area contributed by atoms with Crippen molar-refractivity contribution >= 4 is 23.2 Å². The first-order valence-electron chi connectivity index (χ1n) is 7.46. The Morgan fingerprint density at radius 3 is 2.73 bits per heavy atom. The van der Waals surface area contributed by atoms with Gasteiger partial charge in [0.2, 0.25) is 11.8 Å². The van der Waals surface area contributed by atoms with E-state index >= 15 is 0 Å². The number of benzene rings is 1. The lowest BCUT2D eigenvalue weighted by Crippen LogP contribution is -2.25. The van der Waals surface area contributed by atoms with E-state index < -0.39 is 11.9 Å². The number of hydrogen-bond acceptors (Lipinski definition) is 3. The summed E-state index contributed by atoms with van der Waals surface area (Å²) in [5, 5.41) is 12.2. The van der Waals surface area contributed by atoms with Crippen LogP contribution in [0.2, 0.25) is 0 Å². The number of hydrogen-bond donors (Lipinski definition) is 2. The first-order chi connectivity index (χ1) is 10.4. The van der Waals surface area contributed by atoms with Gasteiger partial charge in [-0.3, -0.25) is 9.59 Å². The van der Waals surface area contributed by atoms with E-state index in [4.69, 9.17) is 0 Å². The molecule has 1 aromatic rings. The quantitative estimate of drug-likeness (QED) is 0.877. The van der Waals surface area contributed by atoms with Crippen LogP contribution in [-0.2, 0) is 9.59 Å². The minimum Gasteiger partial charge on any atom is -0.392 e. The molecule has 1 heterocycles. The number of carbonyl (C=O) groups is 2. The molecule has 0 radical (unpaired) electrons. The fraction of sp³-hybridized carbons (Fsp3) is 0.500. The van der Waals surface area contributed by atoms with Gasteiger partial charge >= 0.3 is 0 Å². The Morgan fingerprint density at radius 2 is 2.18 bits per heavy atom. The number of nitrogens with zero attached hydrogens (tertiary/aromatic N) is 1. The van der Waals surface area contributed by atoms with Crippen LogP contribution in [0, 0.1) is 11.7 Å². The number of anilines is 2. The lowest BCUT2D eigenvalue weighted by Gasteiger charge is -2.18. The van der Waals surface area contributed by atoms with E-state index in [9.17, 15) is 19.1 Å². The van der Waals surface area contributed by atoms with Gasteiger partial charge < -0.3 is 15.3 Å². The Kier molecular flexibility index (Phi) is 5.13. The van der Waals surface area contributed by atoms with Crippen molar-refractivity contribution in [3.63, 3.8) is 0 Å². The second-order valence-electron chi connectivity index (χ2n) is 5.88. The van der Waals surface area contributed by atoms with Gasteiger partial charge in [-0.1, -0.05) is 13.8 Å². The molecule has 1 saturated heterocycles. The Labute approximate surface area is 129 Å². The molecule has 1 fully saturated rings. The molecule has 1 unspecified atom stereocenters. The highest BCUT2D eigenvalue weighted by atomic mass is 19.1. The molecular weight excluding hydrogens is 287 g/mol. The standard InChI is InChI=1S/C16H21FN2O3/c1-10(2)14(20)9-15(21)18-11-5-6-13(12(17)8-11)19-7-3-4-16(19)22/h5-6,8,10,14,20H,3-4,7,9H2,1-2H3,(H,18,21). The molecule has 0 bridgehead atoms. The van der Waals surface area contributed by atoms with Crippen molar-refractivity contribution < 1.29 is 19.1 Å². The third kappa shape index (κ3) is 3.82. The molecule has 1 aliphatic heterocycles. The molecule has 0 aliphatic carbocycles. The van der Waals surface area contributed by atoms with Gasteiger partial charge in [0.1, 0.15) is 5.82 Å². The maximum absolute atomic E-state index is 14.1. The van der Waals surface area contributed by atoms with Crippen LogP contribution in [0.3, 0.4) is 0 Å². The lowest BCUT2D eigenvalue weighted by molar-refractivity contribution is -0.119. The van der Waals surface area contributed by atoms with Crippen LogP contribution in [0.15, 0.2) is 18.2 Å². The van der Waals surface area contributed by atoms with Gasteiger partial charge in [0, 0.05) is 18.7 Å². The smallest absolute Gasteiger partial charge is 0.227 e. The minimum absolute atomic E-state index is 0.0222. The molecule has 1 aliphatic rings. The highest BCUT2D eigenvalue weighted by Crippen LogP contribution is 2.26. The molecular formula is C16H21FN2O3. The van der Waals surface area contributed by atoms with E-state index in [1.54, 1.807) is 6.07 Å². The Balaban J connectivity index is 2.03. The van der Waals surface area contributed by atoms with Crippen LogP contribution < -0.4 is 10.2 Å². The average Bonchev–Trinajstić information content (AvgIpc) is 2.84. The lowest BCUT2D eigenvalue weighted by atomic mass is 10.0. The number of aliphatic hydroxyl groups is 1. The number of aliphatic hydroxyl groups excluding tert-OH is 1. The summed E-state index contributed by atoms with van der Waals surface area (Å²) in [6.07, 6.45) is 0.395. The van der Waals surface area contributed by atoms with Crippen molar-refractivity contribution in [1.82, 2.24) is 0 Å². The second kappa shape index (κ2) is 6.87. The van der Waals surface area contributed by atoms with E-state index in [2.05, 4.69) is 5.32 Å². The van der Waals surface area contributed by atoms with Crippen molar-refractivity contribution in [3.8, 4) is 0 Å². The third-order valence-electron chi connectivity index (χ3n) is 3.76. The second-order valence-corrected chi connectivity index (χ2v) is 5.88. The summed E-state index contributed by atoms with van der Waals surface area (Å²) in [7, 11) is 0. The zero-order valence-electron chi connectivity index (χ0n) is 12.8. The van der Waals surface area contributed by atoms with Gasteiger partial charge in [-0.05, 0) is 30.5 Å². The van der Waals surface area contributed by atoms with Gasteiger partial charge in [0.05, 0.1) is 18.2 Å². The van der Waals surface area contributed by atoms with Gasteiger partial charge in [-0.15, -0.1) is 0 Å². The zero-order valence-corrected chi connectivity index (χ0v) is 12.8. The summed E-state index contributed by atoms with van der Waals surface area (Å²) in [5.41, 5.74) is 0.552. The number of amides is 2. The van der Waals surface area contributed by atoms with E-state index in [0.717, 1.165) is 6.42 Å². The number of nitrogens with one attached hydrogen (secondary N) is 1. The number of rotatable bonds is 5. The highest BCUT2D eigenvalue weighted by molar-refractivity contribution is 5.96. The topological polar surface area (TPSA) is 69.6 Å². The molecule has 5 nitrogen and oxygen atoms in total. The fourth-order valence-corrected chi connectivity index (χ4v) is 2.34. The van der Waals surface area contributed by atoms with Crippen molar-refractivity contribution in [3.05, 3.63) is 24.0 Å². The van der Waals surface area contributed by atoms with Crippen LogP contribution in [0.5, 0.6) is 0 Å². The summed E-state index contributed by atoms with van der Waals surface area (Å²) in [6, 6.07) is 4.25. The molecule has 1 atom stereocenters. The van der Waals surface area contributed by atoms with Crippen LogP contribution in [-0.4, -0.2) is 29.6 Å². The van der Waals surface area contributed by atoms with Gasteiger partial charge in [0.15, 0.2) is 0 Å². The average molecular weight is 308 g/mol. The number of carbonyl (C=O) groups excluding carboxylic acids is 2. The van der Waals surface area contributed by atoms with Crippen molar-refractivity contribution in [2.45, 2.75) is 39.2 Å². The summed E-state index contributed by atoms with van der Waals surface area (Å²) in [6.45, 7) is 4.15. The Bertz CT molecular complexity index is 575. The maximum Gasteiger partial charge on any atom is 0.227 e. The first-order valence-corrected chi connectivity index (χ1v) is 7.46. The molecule has 0 aromatic heterocycles. The van der Waals surface area contributed by atoms with Crippen LogP contribution in [0.4, 0.5) is 15.8 Å². The van der Waals surface area contributed by atoms with Gasteiger partial charge in [0.25, 0.3) is 0 Å². The molecule has 2 amide bonds. The van der Waals surface area contributed by atoms with Crippen molar-refractivity contribution in [2.75, 3.05) is 16.8 Å². The van der Waals surface area contributed by atoms with E-state index in [1.807, 2.05) is 13.8 Å². The van der Waals surface area contributed by atoms with E-state index in [0.29, 0.717) is 18.7 Å². The van der Waals surface area contributed by atoms with Crippen molar-refractivity contribution in [1.29, 1.82) is 0 Å². The normalized spacial score (nSPS) is 16.2. The van der Waals surface area contributed by atoms with Crippen LogP contribution >= 0.6 is 0 Å². The zero-order chi connectivity index (χ0) is 16.3. The van der Waals surface area contributed by atoms with Gasteiger partial charge in [-0.2, -0.15) is 0 Å². The Morgan fingerprint density at radius 1 is 1.45 bits per heavy atom. The molecule has 2 rings (SSSR count). The monoisotopic (exact) mass is 308 g/mol. The first kappa shape index (κ1) is 16.4. The summed E-state index contributed by atoms with van der Waals surface area (Å²) in [5.74, 6) is -1.02. The number of halogens is 1. The Hall–Kier alpha value is -1.95. The van der Waals surface area contributed by atoms with Crippen LogP contribution in [0.1, 0.15) is 33.1 Å². The fourth-order valence-electron chi connectivity index (χ4n) is 2.34. The molecule has 0 saturated carbocycles. The summed E-state index contributed by atoms with van der Waals surface area (Å²) < 4.78 is 14.1. The summed E-state index contributed by atoms with van der Waals surface area (Å²) >= 11 is 0. The molecule has 0 spiro atoms. The molecule has 6 heteroatoms. The SMILES string of the molecule is CC(C)C(O)CC(=O)Nc1ccc(N2CCCC2=O)c(F)c1. The minimum atomic E-state index is -0.730.